The lowest BCUT2D eigenvalue weighted by Crippen LogP contribution is -2.01. The molecular weight excluding hydrogens is 146 g/mol. The van der Waals surface area contributed by atoms with Crippen LogP contribution in [0.15, 0.2) is 18.2 Å². The van der Waals surface area contributed by atoms with Crippen molar-refractivity contribution in [3.05, 3.63) is 29.3 Å². The van der Waals surface area contributed by atoms with E-state index >= 15 is 0 Å². The molecule has 12 heavy (non-hydrogen) atoms. The van der Waals surface area contributed by atoms with Gasteiger partial charge in [0.15, 0.2) is 0 Å². The predicted octanol–water partition coefficient (Wildman–Crippen LogP) is 2.78. The van der Waals surface area contributed by atoms with E-state index in [1.165, 1.54) is 11.1 Å². The average Bonchev–Trinajstić information content (AvgIpc) is 1.97. The number of rotatable bonds is 2. The van der Waals surface area contributed by atoms with E-state index in [9.17, 15) is 0 Å². The summed E-state index contributed by atoms with van der Waals surface area (Å²) in [6.45, 7) is 6.55. The first-order valence-corrected chi connectivity index (χ1v) is 4.45. The molecule has 1 aromatic carbocycles. The normalized spacial score (nSPS) is 10.7. The van der Waals surface area contributed by atoms with Gasteiger partial charge in [0.2, 0.25) is 0 Å². The molecule has 1 nitrogen and oxygen atoms in total. The second kappa shape index (κ2) is 3.61. The third kappa shape index (κ3) is 2.00. The fourth-order valence-corrected chi connectivity index (χ4v) is 1.41. The van der Waals surface area contributed by atoms with Crippen molar-refractivity contribution in [2.24, 2.45) is 5.92 Å². The smallest absolute Gasteiger partial charge is 0.0349 e. The zero-order valence-corrected chi connectivity index (χ0v) is 8.09. The van der Waals surface area contributed by atoms with Crippen molar-refractivity contribution in [1.82, 2.24) is 0 Å². The lowest BCUT2D eigenvalue weighted by molar-refractivity contribution is 0.646. The van der Waals surface area contributed by atoms with Gasteiger partial charge in [-0.25, -0.2) is 0 Å². The van der Waals surface area contributed by atoms with E-state index in [1.54, 1.807) is 0 Å². The predicted molar refractivity (Wildman–Crippen MR) is 54.1 cm³/mol. The fraction of sp³-hybridized carbons (Fsp3) is 0.455. The highest BCUT2D eigenvalue weighted by Crippen LogP contribution is 2.19. The van der Waals surface area contributed by atoms with Crippen molar-refractivity contribution in [2.75, 3.05) is 5.73 Å². The second-order valence-electron chi connectivity index (χ2n) is 3.74. The van der Waals surface area contributed by atoms with Crippen molar-refractivity contribution >= 4 is 5.69 Å². The molecule has 0 aliphatic heterocycles. The van der Waals surface area contributed by atoms with Gasteiger partial charge in [-0.15, -0.1) is 0 Å². The van der Waals surface area contributed by atoms with Crippen molar-refractivity contribution < 1.29 is 0 Å². The highest BCUT2D eigenvalue weighted by molar-refractivity contribution is 5.50. The Kier molecular flexibility index (Phi) is 2.74. The lowest BCUT2D eigenvalue weighted by Gasteiger charge is -2.10. The molecule has 0 heterocycles. The SMILES string of the molecule is Cc1cccc(N)c1CC(C)C. The summed E-state index contributed by atoms with van der Waals surface area (Å²) in [5.74, 6) is 0.674. The zero-order valence-electron chi connectivity index (χ0n) is 8.09. The Labute approximate surface area is 74.6 Å². The summed E-state index contributed by atoms with van der Waals surface area (Å²) in [7, 11) is 0. The van der Waals surface area contributed by atoms with Gasteiger partial charge in [0.05, 0.1) is 0 Å². The summed E-state index contributed by atoms with van der Waals surface area (Å²) < 4.78 is 0. The van der Waals surface area contributed by atoms with Crippen LogP contribution in [-0.4, -0.2) is 0 Å². The molecule has 0 amide bonds. The van der Waals surface area contributed by atoms with E-state index in [1.807, 2.05) is 12.1 Å². The minimum Gasteiger partial charge on any atom is -0.398 e. The number of nitrogens with two attached hydrogens (primary N) is 1. The third-order valence-corrected chi connectivity index (χ3v) is 2.06. The molecule has 1 rings (SSSR count). The van der Waals surface area contributed by atoms with Crippen molar-refractivity contribution in [2.45, 2.75) is 27.2 Å². The Balaban J connectivity index is 2.96. The Morgan fingerprint density at radius 1 is 1.33 bits per heavy atom. The number of hydrogen-bond donors (Lipinski definition) is 1. The van der Waals surface area contributed by atoms with Gasteiger partial charge in [-0.2, -0.15) is 0 Å². The van der Waals surface area contributed by atoms with Crippen LogP contribution in [0.5, 0.6) is 0 Å². The van der Waals surface area contributed by atoms with Gasteiger partial charge in [-0.05, 0) is 36.5 Å². The molecule has 0 aliphatic rings. The fourth-order valence-electron chi connectivity index (χ4n) is 1.41. The molecule has 0 saturated carbocycles. The molecule has 0 atom stereocenters. The highest BCUT2D eigenvalue weighted by atomic mass is 14.6. The van der Waals surface area contributed by atoms with E-state index in [2.05, 4.69) is 26.8 Å². The number of aryl methyl sites for hydroxylation is 1. The van der Waals surface area contributed by atoms with E-state index < -0.39 is 0 Å². The summed E-state index contributed by atoms with van der Waals surface area (Å²) in [5.41, 5.74) is 9.43. The minimum atomic E-state index is 0.674. The third-order valence-electron chi connectivity index (χ3n) is 2.06. The van der Waals surface area contributed by atoms with Crippen LogP contribution >= 0.6 is 0 Å². The maximum atomic E-state index is 5.87. The average molecular weight is 163 g/mol. The standard InChI is InChI=1S/C11H17N/c1-8(2)7-10-9(3)5-4-6-11(10)12/h4-6,8H,7,12H2,1-3H3. The van der Waals surface area contributed by atoms with E-state index in [0.29, 0.717) is 5.92 Å². The molecular formula is C11H17N. The Hall–Kier alpha value is -0.980. The van der Waals surface area contributed by atoms with E-state index in [0.717, 1.165) is 12.1 Å². The quantitative estimate of drug-likeness (QED) is 0.666. The monoisotopic (exact) mass is 163 g/mol. The molecule has 0 bridgehead atoms. The number of nitrogen functional groups attached to an aromatic ring is 1. The van der Waals surface area contributed by atoms with E-state index in [-0.39, 0.29) is 0 Å². The number of hydrogen-bond acceptors (Lipinski definition) is 1. The van der Waals surface area contributed by atoms with Crippen LogP contribution in [0, 0.1) is 12.8 Å². The first kappa shape index (κ1) is 9.11. The van der Waals surface area contributed by atoms with Gasteiger partial charge in [0.1, 0.15) is 0 Å². The summed E-state index contributed by atoms with van der Waals surface area (Å²) in [5, 5.41) is 0. The van der Waals surface area contributed by atoms with Crippen molar-refractivity contribution in [3.63, 3.8) is 0 Å². The first-order valence-electron chi connectivity index (χ1n) is 4.45. The first-order chi connectivity index (χ1) is 5.61. The maximum Gasteiger partial charge on any atom is 0.0349 e. The van der Waals surface area contributed by atoms with Crippen LogP contribution in [0.25, 0.3) is 0 Å². The Morgan fingerprint density at radius 3 is 2.50 bits per heavy atom. The maximum absolute atomic E-state index is 5.87. The second-order valence-corrected chi connectivity index (χ2v) is 3.74. The van der Waals surface area contributed by atoms with Crippen LogP contribution in [0.2, 0.25) is 0 Å². The van der Waals surface area contributed by atoms with Gasteiger partial charge in [0, 0.05) is 5.69 Å². The zero-order chi connectivity index (χ0) is 9.14. The molecule has 66 valence electrons. The van der Waals surface area contributed by atoms with Crippen LogP contribution in [-0.2, 0) is 6.42 Å². The minimum absolute atomic E-state index is 0.674. The molecule has 0 radical (unpaired) electrons. The summed E-state index contributed by atoms with van der Waals surface area (Å²) in [6.07, 6.45) is 1.08. The lowest BCUT2D eigenvalue weighted by atomic mass is 9.97. The molecule has 1 aromatic rings. The van der Waals surface area contributed by atoms with Crippen molar-refractivity contribution in [3.8, 4) is 0 Å². The number of anilines is 1. The number of benzene rings is 1. The largest absolute Gasteiger partial charge is 0.398 e. The van der Waals surface area contributed by atoms with Gasteiger partial charge < -0.3 is 5.73 Å². The molecule has 1 heteroatoms. The molecule has 2 N–H and O–H groups in total. The van der Waals surface area contributed by atoms with Crippen LogP contribution in [0.3, 0.4) is 0 Å². The Bertz CT molecular complexity index is 243. The van der Waals surface area contributed by atoms with Crippen LogP contribution < -0.4 is 5.73 Å². The Morgan fingerprint density at radius 2 is 2.00 bits per heavy atom. The van der Waals surface area contributed by atoms with Gasteiger partial charge in [-0.3, -0.25) is 0 Å². The van der Waals surface area contributed by atoms with E-state index in [4.69, 9.17) is 5.73 Å². The summed E-state index contributed by atoms with van der Waals surface area (Å²) >= 11 is 0. The molecule has 0 aliphatic carbocycles. The molecule has 0 aromatic heterocycles. The molecule has 0 fully saturated rings. The molecule has 0 spiro atoms. The topological polar surface area (TPSA) is 26.0 Å². The van der Waals surface area contributed by atoms with Crippen LogP contribution in [0.4, 0.5) is 5.69 Å². The molecule has 0 saturated heterocycles. The van der Waals surface area contributed by atoms with Gasteiger partial charge in [-0.1, -0.05) is 26.0 Å². The summed E-state index contributed by atoms with van der Waals surface area (Å²) in [4.78, 5) is 0. The van der Waals surface area contributed by atoms with Crippen molar-refractivity contribution in [1.29, 1.82) is 0 Å². The van der Waals surface area contributed by atoms with Gasteiger partial charge >= 0.3 is 0 Å². The molecule has 0 unspecified atom stereocenters. The van der Waals surface area contributed by atoms with Crippen LogP contribution in [0.1, 0.15) is 25.0 Å². The summed E-state index contributed by atoms with van der Waals surface area (Å²) in [6, 6.07) is 6.10. The van der Waals surface area contributed by atoms with Gasteiger partial charge in [0.25, 0.3) is 0 Å². The highest BCUT2D eigenvalue weighted by Gasteiger charge is 2.04.